The second-order valence-electron chi connectivity index (χ2n) is 7.13. The fraction of sp³-hybridized carbons (Fsp3) is 0.474. The number of benzene rings is 1. The number of ether oxygens (including phenoxy) is 2. The van der Waals surface area contributed by atoms with Crippen LogP contribution in [-0.4, -0.2) is 54.0 Å². The van der Waals surface area contributed by atoms with Crippen molar-refractivity contribution in [3.8, 4) is 11.5 Å². The summed E-state index contributed by atoms with van der Waals surface area (Å²) in [6.07, 6.45) is 2.08. The molecule has 0 unspecified atom stereocenters. The molecular formula is C19H21N3O5. The Morgan fingerprint density at radius 1 is 1.26 bits per heavy atom. The third-order valence-electron chi connectivity index (χ3n) is 5.41. The lowest BCUT2D eigenvalue weighted by atomic mass is 9.82. The number of amides is 2. The lowest BCUT2D eigenvalue weighted by molar-refractivity contribution is -0.127. The summed E-state index contributed by atoms with van der Waals surface area (Å²) in [6.45, 7) is 0.969. The maximum absolute atomic E-state index is 12.6. The minimum atomic E-state index is -0.587. The monoisotopic (exact) mass is 371 g/mol. The van der Waals surface area contributed by atoms with Gasteiger partial charge in [-0.2, -0.15) is 5.10 Å². The van der Waals surface area contributed by atoms with E-state index in [1.54, 1.807) is 30.2 Å². The number of hydrogen-bond acceptors (Lipinski definition) is 6. The normalized spacial score (nSPS) is 21.1. The summed E-state index contributed by atoms with van der Waals surface area (Å²) in [6, 6.07) is 5.23. The van der Waals surface area contributed by atoms with E-state index in [1.807, 2.05) is 0 Å². The van der Waals surface area contributed by atoms with Gasteiger partial charge in [0.15, 0.2) is 5.78 Å². The second kappa shape index (κ2) is 6.68. The topological polar surface area (TPSA) is 97.3 Å². The zero-order valence-electron chi connectivity index (χ0n) is 15.1. The molecule has 0 saturated carbocycles. The minimum Gasteiger partial charge on any atom is -0.497 e. The molecule has 1 aromatic carbocycles. The number of nitrogens with one attached hydrogen (secondary N) is 1. The molecular weight excluding hydrogens is 350 g/mol. The highest BCUT2D eigenvalue weighted by Crippen LogP contribution is 2.40. The van der Waals surface area contributed by atoms with Crippen molar-refractivity contribution in [3.05, 3.63) is 23.8 Å². The smallest absolute Gasteiger partial charge is 0.270 e. The van der Waals surface area contributed by atoms with Crippen LogP contribution >= 0.6 is 0 Å². The van der Waals surface area contributed by atoms with Gasteiger partial charge in [-0.1, -0.05) is 0 Å². The van der Waals surface area contributed by atoms with Crippen LogP contribution in [0, 0.1) is 0 Å². The van der Waals surface area contributed by atoms with E-state index in [9.17, 15) is 14.4 Å². The van der Waals surface area contributed by atoms with Gasteiger partial charge in [0.05, 0.1) is 19.1 Å². The maximum atomic E-state index is 12.6. The van der Waals surface area contributed by atoms with Gasteiger partial charge in [-0.3, -0.25) is 14.4 Å². The Labute approximate surface area is 156 Å². The van der Waals surface area contributed by atoms with Crippen LogP contribution in [0.4, 0.5) is 0 Å². The summed E-state index contributed by atoms with van der Waals surface area (Å²) in [7, 11) is 1.57. The van der Waals surface area contributed by atoms with E-state index in [0.29, 0.717) is 61.5 Å². The highest BCUT2D eigenvalue weighted by atomic mass is 16.5. The van der Waals surface area contributed by atoms with E-state index in [4.69, 9.17) is 9.47 Å². The lowest BCUT2D eigenvalue weighted by Crippen LogP contribution is -2.53. The number of rotatable bonds is 2. The van der Waals surface area contributed by atoms with Crippen LogP contribution in [0.1, 0.15) is 42.5 Å². The number of hydrogen-bond donors (Lipinski definition) is 1. The molecule has 1 aromatic rings. The minimum absolute atomic E-state index is 0.0537. The van der Waals surface area contributed by atoms with Gasteiger partial charge < -0.3 is 14.4 Å². The van der Waals surface area contributed by atoms with Gasteiger partial charge in [-0.05, 0) is 12.1 Å². The van der Waals surface area contributed by atoms with Crippen LogP contribution in [0.5, 0.6) is 11.5 Å². The molecule has 0 atom stereocenters. The standard InChI is InChI=1S/C19H21N3O5/c1-26-12-2-3-13-15(23)11-19(27-16(13)10-12)6-8-22(9-7-19)18(25)14-4-5-17(24)21-20-14/h2-3,10H,4-9,11H2,1H3,(H,21,24). The Bertz CT molecular complexity index is 840. The fourth-order valence-corrected chi connectivity index (χ4v) is 3.81. The Morgan fingerprint density at radius 2 is 2.04 bits per heavy atom. The number of fused-ring (bicyclic) bond motifs is 1. The molecule has 4 rings (SSSR count). The number of piperidine rings is 1. The molecule has 1 spiro atoms. The predicted octanol–water partition coefficient (Wildman–Crippen LogP) is 1.29. The van der Waals surface area contributed by atoms with Crippen molar-refractivity contribution in [2.24, 2.45) is 5.10 Å². The van der Waals surface area contributed by atoms with E-state index in [2.05, 4.69) is 10.5 Å². The van der Waals surface area contributed by atoms with Crippen molar-refractivity contribution in [1.29, 1.82) is 0 Å². The Hall–Kier alpha value is -2.90. The van der Waals surface area contributed by atoms with Gasteiger partial charge in [0.1, 0.15) is 22.8 Å². The molecule has 8 nitrogen and oxygen atoms in total. The molecule has 3 aliphatic rings. The van der Waals surface area contributed by atoms with Gasteiger partial charge in [0, 0.05) is 44.8 Å². The summed E-state index contributed by atoms with van der Waals surface area (Å²) in [5.41, 5.74) is 2.72. The van der Waals surface area contributed by atoms with Crippen molar-refractivity contribution in [3.63, 3.8) is 0 Å². The van der Waals surface area contributed by atoms with Gasteiger partial charge >= 0.3 is 0 Å². The molecule has 8 heteroatoms. The summed E-state index contributed by atoms with van der Waals surface area (Å²) in [5, 5.41) is 3.88. The maximum Gasteiger partial charge on any atom is 0.270 e. The van der Waals surface area contributed by atoms with Crippen LogP contribution in [0.25, 0.3) is 0 Å². The molecule has 3 heterocycles. The SMILES string of the molecule is COc1ccc2c(c1)OC1(CCN(C(=O)C3=NNC(=O)CC3)CC1)CC2=O. The Kier molecular flexibility index (Phi) is 4.33. The van der Waals surface area contributed by atoms with Crippen LogP contribution in [0.2, 0.25) is 0 Å². The largest absolute Gasteiger partial charge is 0.497 e. The summed E-state index contributed by atoms with van der Waals surface area (Å²) >= 11 is 0. The first kappa shape index (κ1) is 17.5. The quantitative estimate of drug-likeness (QED) is 0.845. The molecule has 0 aliphatic carbocycles. The van der Waals surface area contributed by atoms with E-state index >= 15 is 0 Å². The molecule has 0 bridgehead atoms. The van der Waals surface area contributed by atoms with E-state index < -0.39 is 5.60 Å². The fourth-order valence-electron chi connectivity index (χ4n) is 3.81. The number of likely N-dealkylation sites (tertiary alicyclic amines) is 1. The number of Topliss-reactive ketones (excluding diaryl/α,β-unsaturated/α-hetero) is 1. The summed E-state index contributed by atoms with van der Waals surface area (Å²) in [5.74, 6) is 0.910. The van der Waals surface area contributed by atoms with Crippen LogP contribution in [0.3, 0.4) is 0 Å². The molecule has 1 N–H and O–H groups in total. The molecule has 27 heavy (non-hydrogen) atoms. The van der Waals surface area contributed by atoms with E-state index in [1.165, 1.54) is 0 Å². The van der Waals surface area contributed by atoms with Crippen molar-refractivity contribution < 1.29 is 23.9 Å². The number of ketones is 1. The molecule has 2 amide bonds. The Balaban J connectivity index is 1.46. The van der Waals surface area contributed by atoms with E-state index in [0.717, 1.165) is 0 Å². The molecule has 0 aromatic heterocycles. The number of methoxy groups -OCH3 is 1. The highest BCUT2D eigenvalue weighted by molar-refractivity contribution is 6.39. The molecule has 3 aliphatic heterocycles. The third kappa shape index (κ3) is 3.27. The van der Waals surface area contributed by atoms with Gasteiger partial charge in [-0.25, -0.2) is 5.43 Å². The van der Waals surface area contributed by atoms with E-state index in [-0.39, 0.29) is 24.0 Å². The number of carbonyl (C=O) groups excluding carboxylic acids is 3. The summed E-state index contributed by atoms with van der Waals surface area (Å²) < 4.78 is 11.5. The lowest BCUT2D eigenvalue weighted by Gasteiger charge is -2.44. The average molecular weight is 371 g/mol. The molecule has 142 valence electrons. The number of nitrogens with zero attached hydrogens (tertiary/aromatic N) is 2. The third-order valence-corrected chi connectivity index (χ3v) is 5.41. The molecule has 1 saturated heterocycles. The first-order valence-electron chi connectivity index (χ1n) is 9.05. The summed E-state index contributed by atoms with van der Waals surface area (Å²) in [4.78, 5) is 38.1. The highest BCUT2D eigenvalue weighted by Gasteiger charge is 2.44. The van der Waals surface area contributed by atoms with Gasteiger partial charge in [-0.15, -0.1) is 0 Å². The van der Waals surface area contributed by atoms with Crippen molar-refractivity contribution in [1.82, 2.24) is 10.3 Å². The first-order chi connectivity index (χ1) is 13.0. The average Bonchev–Trinajstić information content (AvgIpc) is 2.68. The van der Waals surface area contributed by atoms with Crippen molar-refractivity contribution in [2.75, 3.05) is 20.2 Å². The zero-order chi connectivity index (χ0) is 19.0. The Morgan fingerprint density at radius 3 is 2.70 bits per heavy atom. The van der Waals surface area contributed by atoms with Gasteiger partial charge in [0.2, 0.25) is 5.91 Å². The van der Waals surface area contributed by atoms with Gasteiger partial charge in [0.25, 0.3) is 5.91 Å². The van der Waals surface area contributed by atoms with Crippen LogP contribution in [-0.2, 0) is 9.59 Å². The first-order valence-corrected chi connectivity index (χ1v) is 9.05. The second-order valence-corrected chi connectivity index (χ2v) is 7.13. The predicted molar refractivity (Wildman–Crippen MR) is 95.9 cm³/mol. The van der Waals surface area contributed by atoms with Crippen LogP contribution in [0.15, 0.2) is 23.3 Å². The molecule has 1 fully saturated rings. The van der Waals surface area contributed by atoms with Crippen LogP contribution < -0.4 is 14.9 Å². The zero-order valence-corrected chi connectivity index (χ0v) is 15.1. The molecule has 0 radical (unpaired) electrons. The van der Waals surface area contributed by atoms with Crippen molar-refractivity contribution in [2.45, 2.75) is 37.7 Å². The number of carbonyl (C=O) groups is 3. The van der Waals surface area contributed by atoms with Crippen molar-refractivity contribution >= 4 is 23.3 Å². The number of hydrazone groups is 1.